The fourth-order valence-corrected chi connectivity index (χ4v) is 3.05. The molecule has 8 heteroatoms. The summed E-state index contributed by atoms with van der Waals surface area (Å²) >= 11 is 7.21. The van der Waals surface area contributed by atoms with Gasteiger partial charge in [-0.05, 0) is 30.1 Å². The number of carbonyl (C=O) groups excluding carboxylic acids is 1. The number of benzene rings is 2. The maximum atomic E-state index is 13.4. The lowest BCUT2D eigenvalue weighted by atomic mass is 9.95. The molecule has 1 heterocycles. The molecule has 0 saturated heterocycles. The Morgan fingerprint density at radius 2 is 2.26 bits per heavy atom. The van der Waals surface area contributed by atoms with E-state index >= 15 is 0 Å². The molecule has 1 aliphatic rings. The average Bonchev–Trinajstić information content (AvgIpc) is 2.55. The van der Waals surface area contributed by atoms with Crippen LogP contribution < -0.4 is 15.2 Å². The Labute approximate surface area is 140 Å². The van der Waals surface area contributed by atoms with Crippen LogP contribution in [0.2, 0.25) is 5.02 Å². The fraction of sp³-hybridized carbons (Fsp3) is 0.0667. The molecule has 0 aliphatic carbocycles. The van der Waals surface area contributed by atoms with Gasteiger partial charge in [0.15, 0.2) is 11.7 Å². The second-order valence-corrected chi connectivity index (χ2v) is 5.80. The molecule has 0 fully saturated rings. The molecule has 0 amide bonds. The van der Waals surface area contributed by atoms with Crippen molar-refractivity contribution in [3.05, 3.63) is 51.8 Å². The SMILES string of the molecule is N#Cc1c2c(cc(N)c1C(=O)c1cc(F)ccc1Cl)OCSN2. The molecule has 0 radical (unpaired) electrons. The zero-order valence-corrected chi connectivity index (χ0v) is 13.1. The van der Waals surface area contributed by atoms with Gasteiger partial charge in [-0.15, -0.1) is 0 Å². The minimum absolute atomic E-state index is 0.0302. The summed E-state index contributed by atoms with van der Waals surface area (Å²) < 4.78 is 21.8. The van der Waals surface area contributed by atoms with E-state index in [9.17, 15) is 14.4 Å². The molecule has 3 rings (SSSR count). The summed E-state index contributed by atoms with van der Waals surface area (Å²) in [6.07, 6.45) is 0. The van der Waals surface area contributed by atoms with Crippen molar-refractivity contribution < 1.29 is 13.9 Å². The summed E-state index contributed by atoms with van der Waals surface area (Å²) in [6.45, 7) is 0. The Balaban J connectivity index is 2.22. The number of ether oxygens (including phenoxy) is 1. The number of fused-ring (bicyclic) bond motifs is 1. The van der Waals surface area contributed by atoms with Crippen LogP contribution in [0.15, 0.2) is 24.3 Å². The summed E-state index contributed by atoms with van der Waals surface area (Å²) in [5.41, 5.74) is 6.31. The predicted molar refractivity (Wildman–Crippen MR) is 87.1 cm³/mol. The van der Waals surface area contributed by atoms with Crippen LogP contribution in [0.3, 0.4) is 0 Å². The quantitative estimate of drug-likeness (QED) is 0.489. The van der Waals surface area contributed by atoms with Crippen molar-refractivity contribution in [1.82, 2.24) is 0 Å². The molecule has 0 saturated carbocycles. The van der Waals surface area contributed by atoms with Gasteiger partial charge in [0.05, 0.1) is 16.1 Å². The van der Waals surface area contributed by atoms with Gasteiger partial charge in [-0.3, -0.25) is 4.79 Å². The maximum Gasteiger partial charge on any atom is 0.198 e. The molecule has 5 nitrogen and oxygen atoms in total. The van der Waals surface area contributed by atoms with Crippen molar-refractivity contribution in [2.24, 2.45) is 0 Å². The Hall–Kier alpha value is -2.43. The third-order valence-corrected chi connectivity index (χ3v) is 4.19. The lowest BCUT2D eigenvalue weighted by molar-refractivity contribution is 0.103. The van der Waals surface area contributed by atoms with Gasteiger partial charge >= 0.3 is 0 Å². The number of halogens is 2. The van der Waals surface area contributed by atoms with Crippen molar-refractivity contribution in [1.29, 1.82) is 5.26 Å². The zero-order valence-electron chi connectivity index (χ0n) is 11.5. The molecule has 3 N–H and O–H groups in total. The molecule has 2 aromatic carbocycles. The van der Waals surface area contributed by atoms with Crippen LogP contribution in [-0.4, -0.2) is 11.7 Å². The van der Waals surface area contributed by atoms with Crippen molar-refractivity contribution in [3.8, 4) is 11.8 Å². The molecule has 0 unspecified atom stereocenters. The van der Waals surface area contributed by atoms with Crippen LogP contribution in [0.25, 0.3) is 0 Å². The number of nitriles is 1. The van der Waals surface area contributed by atoms with E-state index in [1.807, 2.05) is 6.07 Å². The van der Waals surface area contributed by atoms with Gasteiger partial charge in [0.25, 0.3) is 0 Å². The second kappa shape index (κ2) is 5.99. The van der Waals surface area contributed by atoms with Gasteiger partial charge in [-0.2, -0.15) is 5.26 Å². The van der Waals surface area contributed by atoms with E-state index in [1.54, 1.807) is 0 Å². The Bertz CT molecular complexity index is 867. The average molecular weight is 350 g/mol. The highest BCUT2D eigenvalue weighted by molar-refractivity contribution is 8.00. The number of hydrogen-bond donors (Lipinski definition) is 2. The molecule has 116 valence electrons. The highest BCUT2D eigenvalue weighted by atomic mass is 35.5. The first kappa shape index (κ1) is 15.5. The van der Waals surface area contributed by atoms with Crippen molar-refractivity contribution in [3.63, 3.8) is 0 Å². The fourth-order valence-electron chi connectivity index (χ4n) is 2.25. The normalized spacial score (nSPS) is 12.6. The number of hydrogen-bond acceptors (Lipinski definition) is 6. The van der Waals surface area contributed by atoms with Gasteiger partial charge in [0.2, 0.25) is 0 Å². The third kappa shape index (κ3) is 2.67. The number of carbonyl (C=O) groups is 1. The van der Waals surface area contributed by atoms with Crippen molar-refractivity contribution in [2.45, 2.75) is 0 Å². The number of nitrogens with two attached hydrogens (primary N) is 1. The molecule has 23 heavy (non-hydrogen) atoms. The Morgan fingerprint density at radius 1 is 1.48 bits per heavy atom. The van der Waals surface area contributed by atoms with Gasteiger partial charge in [-0.25, -0.2) is 4.39 Å². The first-order chi connectivity index (χ1) is 11.0. The first-order valence-electron chi connectivity index (χ1n) is 6.40. The van der Waals surface area contributed by atoms with E-state index in [1.165, 1.54) is 24.1 Å². The number of rotatable bonds is 2. The molecule has 0 bridgehead atoms. The number of nitrogens with one attached hydrogen (secondary N) is 1. The number of anilines is 2. The van der Waals surface area contributed by atoms with Crippen LogP contribution in [0, 0.1) is 17.1 Å². The van der Waals surface area contributed by atoms with E-state index in [4.69, 9.17) is 22.1 Å². The van der Waals surface area contributed by atoms with E-state index in [2.05, 4.69) is 4.72 Å². The largest absolute Gasteiger partial charge is 0.479 e. The van der Waals surface area contributed by atoms with E-state index in [0.717, 1.165) is 12.1 Å². The Morgan fingerprint density at radius 3 is 3.00 bits per heavy atom. The Kier molecular flexibility index (Phi) is 4.03. The van der Waals surface area contributed by atoms with Crippen LogP contribution >= 0.6 is 23.5 Å². The molecular weight excluding hydrogens is 341 g/mol. The predicted octanol–water partition coefficient (Wildman–Crippen LogP) is 3.57. The van der Waals surface area contributed by atoms with Crippen LogP contribution in [0.4, 0.5) is 15.8 Å². The topological polar surface area (TPSA) is 88.1 Å². The number of nitrogen functional groups attached to an aromatic ring is 1. The summed E-state index contributed by atoms with van der Waals surface area (Å²) in [4.78, 5) is 12.7. The van der Waals surface area contributed by atoms with E-state index < -0.39 is 11.6 Å². The minimum atomic E-state index is -0.622. The van der Waals surface area contributed by atoms with Crippen LogP contribution in [0.5, 0.6) is 5.75 Å². The molecule has 2 aromatic rings. The van der Waals surface area contributed by atoms with Crippen LogP contribution in [-0.2, 0) is 0 Å². The highest BCUT2D eigenvalue weighted by Crippen LogP contribution is 2.40. The number of ketones is 1. The van der Waals surface area contributed by atoms with Gasteiger partial charge < -0.3 is 15.2 Å². The third-order valence-electron chi connectivity index (χ3n) is 3.28. The lowest BCUT2D eigenvalue weighted by Gasteiger charge is -2.21. The smallest absolute Gasteiger partial charge is 0.198 e. The van der Waals surface area contributed by atoms with E-state index in [-0.39, 0.29) is 27.4 Å². The van der Waals surface area contributed by atoms with E-state index in [0.29, 0.717) is 17.4 Å². The zero-order chi connectivity index (χ0) is 16.6. The molecule has 1 aliphatic heterocycles. The minimum Gasteiger partial charge on any atom is -0.479 e. The molecular formula is C15H9ClFN3O2S. The summed E-state index contributed by atoms with van der Waals surface area (Å²) in [5, 5.41) is 9.53. The van der Waals surface area contributed by atoms with Gasteiger partial charge in [-0.1, -0.05) is 11.6 Å². The molecule has 0 spiro atoms. The highest BCUT2D eigenvalue weighted by Gasteiger charge is 2.26. The van der Waals surface area contributed by atoms with Crippen molar-refractivity contribution in [2.75, 3.05) is 16.4 Å². The van der Waals surface area contributed by atoms with Gasteiger partial charge in [0.1, 0.15) is 23.3 Å². The molecule has 0 atom stereocenters. The standard InChI is InChI=1S/C15H9ClFN3O2S/c16-10-2-1-7(17)3-8(10)15(21)13-9(5-18)14-12(4-11(13)19)22-6-23-20-14/h1-4,20H,6,19H2. The summed E-state index contributed by atoms with van der Waals surface area (Å²) in [5.74, 6) is -0.492. The lowest BCUT2D eigenvalue weighted by Crippen LogP contribution is -2.14. The van der Waals surface area contributed by atoms with Gasteiger partial charge in [0, 0.05) is 17.3 Å². The monoisotopic (exact) mass is 349 g/mol. The van der Waals surface area contributed by atoms with Crippen molar-refractivity contribution >= 4 is 40.7 Å². The second-order valence-electron chi connectivity index (χ2n) is 4.66. The maximum absolute atomic E-state index is 13.4. The molecule has 0 aromatic heterocycles. The summed E-state index contributed by atoms with van der Waals surface area (Å²) in [7, 11) is 0. The first-order valence-corrected chi connectivity index (χ1v) is 7.76. The summed E-state index contributed by atoms with van der Waals surface area (Å²) in [6, 6.07) is 6.86. The number of nitrogens with zero attached hydrogens (tertiary/aromatic N) is 1. The van der Waals surface area contributed by atoms with Crippen LogP contribution in [0.1, 0.15) is 21.5 Å².